The normalized spacial score (nSPS) is 13.1. The van der Waals surface area contributed by atoms with E-state index >= 15 is 0 Å². The summed E-state index contributed by atoms with van der Waals surface area (Å²) in [6.45, 7) is 4.28. The molecular weight excluding hydrogens is 197 g/mol. The zero-order chi connectivity index (χ0) is 11.3. The average Bonchev–Trinajstić information content (AvgIpc) is 2.21. The fourth-order valence-electron chi connectivity index (χ4n) is 1.10. The molecule has 0 amide bonds. The highest BCUT2D eigenvalue weighted by Gasteiger charge is 2.11. The Morgan fingerprint density at radius 2 is 2.27 bits per heavy atom. The summed E-state index contributed by atoms with van der Waals surface area (Å²) < 4.78 is 18.0. The minimum Gasteiger partial charge on any atom is -0.377 e. The van der Waals surface area contributed by atoms with Gasteiger partial charge in [-0.2, -0.15) is 0 Å². The highest BCUT2D eigenvalue weighted by molar-refractivity contribution is 5.09. The van der Waals surface area contributed by atoms with Gasteiger partial charge in [0, 0.05) is 0 Å². The second-order valence-corrected chi connectivity index (χ2v) is 3.50. The Labute approximate surface area is 88.6 Å². The van der Waals surface area contributed by atoms with Crippen LogP contribution in [0.25, 0.3) is 0 Å². The van der Waals surface area contributed by atoms with E-state index in [-0.39, 0.29) is 18.0 Å². The standard InChI is InChI=1S/C10H16FN3O/c1-7(2)15-6-10(14-12)9-4-3-8(11)5-13-9/h3-5,7,10,14H,6,12H2,1-2H3. The minimum absolute atomic E-state index is 0.126. The third-order valence-electron chi connectivity index (χ3n) is 1.90. The van der Waals surface area contributed by atoms with Crippen molar-refractivity contribution in [1.29, 1.82) is 0 Å². The van der Waals surface area contributed by atoms with Crippen LogP contribution in [0.15, 0.2) is 18.3 Å². The predicted octanol–water partition coefficient (Wildman–Crippen LogP) is 1.15. The number of hydrazine groups is 1. The number of hydrogen-bond donors (Lipinski definition) is 2. The maximum Gasteiger partial charge on any atom is 0.141 e. The monoisotopic (exact) mass is 213 g/mol. The van der Waals surface area contributed by atoms with Gasteiger partial charge in [0.1, 0.15) is 5.82 Å². The maximum atomic E-state index is 12.6. The molecule has 0 saturated heterocycles. The van der Waals surface area contributed by atoms with E-state index in [2.05, 4.69) is 10.4 Å². The molecule has 0 saturated carbocycles. The van der Waals surface area contributed by atoms with Gasteiger partial charge in [-0.15, -0.1) is 0 Å². The lowest BCUT2D eigenvalue weighted by Crippen LogP contribution is -2.32. The molecule has 1 atom stereocenters. The summed E-state index contributed by atoms with van der Waals surface area (Å²) in [5.74, 6) is 5.00. The number of rotatable bonds is 5. The lowest BCUT2D eigenvalue weighted by molar-refractivity contribution is 0.0603. The molecule has 0 bridgehead atoms. The SMILES string of the molecule is CC(C)OCC(NN)c1ccc(F)cn1. The number of ether oxygens (including phenoxy) is 1. The first kappa shape index (κ1) is 12.0. The van der Waals surface area contributed by atoms with Gasteiger partial charge in [0.25, 0.3) is 0 Å². The predicted molar refractivity (Wildman–Crippen MR) is 55.3 cm³/mol. The summed E-state index contributed by atoms with van der Waals surface area (Å²) in [5.41, 5.74) is 3.25. The molecular formula is C10H16FN3O. The molecule has 84 valence electrons. The maximum absolute atomic E-state index is 12.6. The van der Waals surface area contributed by atoms with Crippen molar-refractivity contribution in [3.05, 3.63) is 29.8 Å². The van der Waals surface area contributed by atoms with E-state index in [9.17, 15) is 4.39 Å². The lowest BCUT2D eigenvalue weighted by atomic mass is 10.2. The Morgan fingerprint density at radius 3 is 2.73 bits per heavy atom. The number of nitrogens with zero attached hydrogens (tertiary/aromatic N) is 1. The summed E-state index contributed by atoms with van der Waals surface area (Å²) in [4.78, 5) is 3.93. The zero-order valence-corrected chi connectivity index (χ0v) is 8.90. The Bertz CT molecular complexity index is 289. The van der Waals surface area contributed by atoms with Crippen molar-refractivity contribution in [2.75, 3.05) is 6.61 Å². The van der Waals surface area contributed by atoms with Crippen LogP contribution in [0.4, 0.5) is 4.39 Å². The highest BCUT2D eigenvalue weighted by atomic mass is 19.1. The Morgan fingerprint density at radius 1 is 1.53 bits per heavy atom. The topological polar surface area (TPSA) is 60.2 Å². The highest BCUT2D eigenvalue weighted by Crippen LogP contribution is 2.10. The van der Waals surface area contributed by atoms with E-state index < -0.39 is 0 Å². The van der Waals surface area contributed by atoms with Gasteiger partial charge in [-0.3, -0.25) is 10.8 Å². The van der Waals surface area contributed by atoms with Gasteiger partial charge >= 0.3 is 0 Å². The third kappa shape index (κ3) is 3.91. The summed E-state index contributed by atoms with van der Waals surface area (Å²) in [7, 11) is 0. The van der Waals surface area contributed by atoms with Gasteiger partial charge in [0.15, 0.2) is 0 Å². The second kappa shape index (κ2) is 5.75. The minimum atomic E-state index is -0.362. The summed E-state index contributed by atoms with van der Waals surface area (Å²) in [5, 5.41) is 0. The van der Waals surface area contributed by atoms with E-state index in [0.29, 0.717) is 12.3 Å². The van der Waals surface area contributed by atoms with Crippen molar-refractivity contribution in [1.82, 2.24) is 10.4 Å². The summed E-state index contributed by atoms with van der Waals surface area (Å²) in [6, 6.07) is 2.72. The summed E-state index contributed by atoms with van der Waals surface area (Å²) >= 11 is 0. The first-order valence-electron chi connectivity index (χ1n) is 4.82. The van der Waals surface area contributed by atoms with Gasteiger partial charge in [-0.05, 0) is 26.0 Å². The largest absolute Gasteiger partial charge is 0.377 e. The quantitative estimate of drug-likeness (QED) is 0.569. The molecule has 0 aliphatic carbocycles. The number of hydrogen-bond acceptors (Lipinski definition) is 4. The van der Waals surface area contributed by atoms with Crippen LogP contribution in [0.5, 0.6) is 0 Å². The molecule has 0 fully saturated rings. The van der Waals surface area contributed by atoms with E-state index in [1.165, 1.54) is 6.07 Å². The first-order chi connectivity index (χ1) is 7.13. The van der Waals surface area contributed by atoms with Gasteiger partial charge in [-0.25, -0.2) is 9.82 Å². The van der Waals surface area contributed by atoms with Crippen molar-refractivity contribution in [2.24, 2.45) is 5.84 Å². The molecule has 1 rings (SSSR count). The third-order valence-corrected chi connectivity index (χ3v) is 1.90. The van der Waals surface area contributed by atoms with Crippen molar-refractivity contribution in [2.45, 2.75) is 26.0 Å². The van der Waals surface area contributed by atoms with Crippen LogP contribution in [0.2, 0.25) is 0 Å². The molecule has 1 aromatic heterocycles. The second-order valence-electron chi connectivity index (χ2n) is 3.50. The molecule has 4 nitrogen and oxygen atoms in total. The lowest BCUT2D eigenvalue weighted by Gasteiger charge is -2.17. The van der Waals surface area contributed by atoms with Gasteiger partial charge < -0.3 is 4.74 Å². The first-order valence-corrected chi connectivity index (χ1v) is 4.82. The Kier molecular flexibility index (Phi) is 4.61. The molecule has 0 radical (unpaired) electrons. The molecule has 3 N–H and O–H groups in total. The average molecular weight is 213 g/mol. The smallest absolute Gasteiger partial charge is 0.141 e. The van der Waals surface area contributed by atoms with Crippen molar-refractivity contribution < 1.29 is 9.13 Å². The van der Waals surface area contributed by atoms with Crippen LogP contribution in [-0.4, -0.2) is 17.7 Å². The summed E-state index contributed by atoms with van der Waals surface area (Å²) in [6.07, 6.45) is 1.29. The van der Waals surface area contributed by atoms with Crippen LogP contribution in [-0.2, 0) is 4.74 Å². The van der Waals surface area contributed by atoms with Crippen LogP contribution in [0.3, 0.4) is 0 Å². The molecule has 0 spiro atoms. The zero-order valence-electron chi connectivity index (χ0n) is 8.90. The Hall–Kier alpha value is -1.04. The van der Waals surface area contributed by atoms with E-state index in [1.807, 2.05) is 13.8 Å². The number of pyridine rings is 1. The van der Waals surface area contributed by atoms with Gasteiger partial charge in [0.2, 0.25) is 0 Å². The van der Waals surface area contributed by atoms with Gasteiger partial charge in [-0.1, -0.05) is 0 Å². The van der Waals surface area contributed by atoms with E-state index in [4.69, 9.17) is 10.6 Å². The van der Waals surface area contributed by atoms with Crippen molar-refractivity contribution >= 4 is 0 Å². The Balaban J connectivity index is 2.61. The molecule has 15 heavy (non-hydrogen) atoms. The van der Waals surface area contributed by atoms with Gasteiger partial charge in [0.05, 0.1) is 30.6 Å². The fraction of sp³-hybridized carbons (Fsp3) is 0.500. The fourth-order valence-corrected chi connectivity index (χ4v) is 1.10. The number of halogens is 1. The van der Waals surface area contributed by atoms with Crippen molar-refractivity contribution in [3.63, 3.8) is 0 Å². The number of aromatic nitrogens is 1. The van der Waals surface area contributed by atoms with E-state index in [0.717, 1.165) is 6.20 Å². The van der Waals surface area contributed by atoms with Crippen LogP contribution in [0.1, 0.15) is 25.6 Å². The van der Waals surface area contributed by atoms with Crippen molar-refractivity contribution in [3.8, 4) is 0 Å². The molecule has 0 aliphatic rings. The van der Waals surface area contributed by atoms with Crippen LogP contribution in [0, 0.1) is 5.82 Å². The van der Waals surface area contributed by atoms with Crippen LogP contribution >= 0.6 is 0 Å². The van der Waals surface area contributed by atoms with E-state index in [1.54, 1.807) is 6.07 Å². The van der Waals surface area contributed by atoms with Crippen LogP contribution < -0.4 is 11.3 Å². The number of nitrogens with one attached hydrogen (secondary N) is 1. The molecule has 0 aliphatic heterocycles. The molecule has 1 aromatic rings. The molecule has 1 unspecified atom stereocenters. The molecule has 0 aromatic carbocycles. The number of nitrogens with two attached hydrogens (primary N) is 1. The molecule has 1 heterocycles. The molecule has 5 heteroatoms.